The summed E-state index contributed by atoms with van der Waals surface area (Å²) in [5, 5.41) is 13.8. The Balaban J connectivity index is 1.75. The van der Waals surface area contributed by atoms with Gasteiger partial charge < -0.3 is 15.3 Å². The van der Waals surface area contributed by atoms with Gasteiger partial charge in [0.05, 0.1) is 10.6 Å². The number of allylic oxidation sites excluding steroid dienone is 1. The van der Waals surface area contributed by atoms with Gasteiger partial charge in [-0.05, 0) is 56.3 Å². The molecule has 0 fully saturated rings. The van der Waals surface area contributed by atoms with Crippen LogP contribution in [0, 0.1) is 5.41 Å². The second-order valence-corrected chi connectivity index (χ2v) is 9.25. The molecule has 5 nitrogen and oxygen atoms in total. The van der Waals surface area contributed by atoms with Crippen LogP contribution in [0.15, 0.2) is 70.7 Å². The van der Waals surface area contributed by atoms with Gasteiger partial charge in [0.1, 0.15) is 5.75 Å². The molecule has 30 heavy (non-hydrogen) atoms. The number of phenols is 1. The maximum absolute atomic E-state index is 12.4. The Morgan fingerprint density at radius 2 is 1.80 bits per heavy atom. The largest absolute Gasteiger partial charge is 0.507 e. The number of aromatic hydroxyl groups is 1. The minimum Gasteiger partial charge on any atom is -0.507 e. The van der Waals surface area contributed by atoms with Crippen LogP contribution in [0.2, 0.25) is 0 Å². The van der Waals surface area contributed by atoms with Gasteiger partial charge in [-0.3, -0.25) is 9.59 Å². The van der Waals surface area contributed by atoms with Gasteiger partial charge in [-0.2, -0.15) is 0 Å². The minimum absolute atomic E-state index is 0.0301. The summed E-state index contributed by atoms with van der Waals surface area (Å²) in [7, 11) is 0. The number of para-hydroxylation sites is 1. The van der Waals surface area contributed by atoms with E-state index in [9.17, 15) is 14.7 Å². The van der Waals surface area contributed by atoms with Crippen molar-refractivity contribution in [2.75, 3.05) is 11.4 Å². The van der Waals surface area contributed by atoms with Crippen molar-refractivity contribution in [3.05, 3.63) is 81.9 Å². The highest BCUT2D eigenvalue weighted by Gasteiger charge is 2.24. The number of nitrogens with one attached hydrogen (secondary N) is 1. The first kappa shape index (κ1) is 21.7. The molecule has 0 aromatic heterocycles. The molecule has 0 saturated heterocycles. The predicted octanol–water partition coefficient (Wildman–Crippen LogP) is 5.31. The second kappa shape index (κ2) is 8.79. The van der Waals surface area contributed by atoms with Gasteiger partial charge in [-0.1, -0.05) is 37.7 Å². The lowest BCUT2D eigenvalue weighted by Crippen LogP contribution is -2.33. The fraction of sp³-hybridized carbons (Fsp3) is 0.250. The summed E-state index contributed by atoms with van der Waals surface area (Å²) in [6.07, 6.45) is 4.20. The lowest BCUT2D eigenvalue weighted by Gasteiger charge is -2.25. The fourth-order valence-corrected chi connectivity index (χ4v) is 4.22. The number of phenolic OH excluding ortho intramolecular Hbond substituents is 1. The van der Waals surface area contributed by atoms with Crippen molar-refractivity contribution in [1.82, 2.24) is 5.32 Å². The van der Waals surface area contributed by atoms with E-state index >= 15 is 0 Å². The number of hydrogen-bond acceptors (Lipinski definition) is 5. The number of carbonyl (C=O) groups is 2. The van der Waals surface area contributed by atoms with Crippen LogP contribution in [0.3, 0.4) is 0 Å². The lowest BCUT2D eigenvalue weighted by atomic mass is 9.93. The van der Waals surface area contributed by atoms with Crippen LogP contribution in [0.1, 0.15) is 48.4 Å². The second-order valence-electron chi connectivity index (χ2n) is 7.99. The van der Waals surface area contributed by atoms with Crippen LogP contribution in [-0.4, -0.2) is 23.3 Å². The van der Waals surface area contributed by atoms with Gasteiger partial charge >= 0.3 is 0 Å². The van der Waals surface area contributed by atoms with Crippen molar-refractivity contribution in [1.29, 1.82) is 0 Å². The molecule has 0 saturated carbocycles. The van der Waals surface area contributed by atoms with Crippen LogP contribution in [-0.2, 0) is 0 Å². The molecule has 0 aliphatic carbocycles. The van der Waals surface area contributed by atoms with Crippen LogP contribution >= 0.6 is 11.8 Å². The Morgan fingerprint density at radius 1 is 1.13 bits per heavy atom. The Hall–Kier alpha value is -2.99. The lowest BCUT2D eigenvalue weighted by molar-refractivity contribution is 0.0939. The maximum atomic E-state index is 12.4. The number of nitrogens with zero attached hydrogens (tertiary/aromatic N) is 1. The Kier molecular flexibility index (Phi) is 6.37. The zero-order chi connectivity index (χ0) is 21.9. The third-order valence-electron chi connectivity index (χ3n) is 4.73. The van der Waals surface area contributed by atoms with E-state index in [1.54, 1.807) is 36.9 Å². The van der Waals surface area contributed by atoms with E-state index in [1.165, 1.54) is 6.07 Å². The van der Waals surface area contributed by atoms with Crippen LogP contribution in [0.4, 0.5) is 5.69 Å². The molecule has 156 valence electrons. The van der Waals surface area contributed by atoms with Crippen LogP contribution in [0.5, 0.6) is 5.75 Å². The normalized spacial score (nSPS) is 15.3. The standard InChI is InChI=1S/C24H26N2O3S/c1-16-14-26(19-11-9-18(10-12-19)17(2)27)22(30-16)13-24(3,4)15-25-23(29)20-7-5-6-8-21(20)28/h5-14,28H,15H2,1-4H3,(H,25,29). The average molecular weight is 423 g/mol. The summed E-state index contributed by atoms with van der Waals surface area (Å²) in [6, 6.07) is 14.0. The van der Waals surface area contributed by atoms with E-state index in [1.807, 2.05) is 24.3 Å². The van der Waals surface area contributed by atoms with Crippen LogP contribution in [0.25, 0.3) is 0 Å². The Morgan fingerprint density at radius 3 is 2.43 bits per heavy atom. The zero-order valence-electron chi connectivity index (χ0n) is 17.6. The number of thioether (sulfide) groups is 1. The van der Waals surface area contributed by atoms with Crippen molar-refractivity contribution in [2.24, 2.45) is 5.41 Å². The highest BCUT2D eigenvalue weighted by atomic mass is 32.2. The fourth-order valence-electron chi connectivity index (χ4n) is 3.10. The third kappa shape index (κ3) is 5.13. The maximum Gasteiger partial charge on any atom is 0.255 e. The van der Waals surface area contributed by atoms with Crippen molar-refractivity contribution in [3.63, 3.8) is 0 Å². The predicted molar refractivity (Wildman–Crippen MR) is 123 cm³/mol. The van der Waals surface area contributed by atoms with E-state index in [2.05, 4.69) is 43.3 Å². The van der Waals surface area contributed by atoms with Gasteiger partial charge in [-0.15, -0.1) is 0 Å². The summed E-state index contributed by atoms with van der Waals surface area (Å²) >= 11 is 1.67. The van der Waals surface area contributed by atoms with Gasteiger partial charge in [0.2, 0.25) is 0 Å². The number of carbonyl (C=O) groups excluding carboxylic acids is 2. The number of benzene rings is 2. The molecule has 2 N–H and O–H groups in total. The van der Waals surface area contributed by atoms with Gasteiger partial charge in [-0.25, -0.2) is 0 Å². The molecule has 2 aromatic rings. The van der Waals surface area contributed by atoms with Gasteiger partial charge in [0.15, 0.2) is 5.78 Å². The highest BCUT2D eigenvalue weighted by Crippen LogP contribution is 2.41. The van der Waals surface area contributed by atoms with E-state index in [4.69, 9.17) is 0 Å². The topological polar surface area (TPSA) is 69.6 Å². The molecule has 3 rings (SSSR count). The van der Waals surface area contributed by atoms with Crippen LogP contribution < -0.4 is 10.2 Å². The molecule has 0 radical (unpaired) electrons. The number of rotatable bonds is 6. The molecule has 6 heteroatoms. The molecule has 1 aliphatic rings. The summed E-state index contributed by atoms with van der Waals surface area (Å²) in [6.45, 7) is 8.13. The van der Waals surface area contributed by atoms with E-state index < -0.39 is 0 Å². The Bertz CT molecular complexity index is 1020. The van der Waals surface area contributed by atoms with Crippen molar-refractivity contribution < 1.29 is 14.7 Å². The SMILES string of the molecule is CC(=O)c1ccc(N2C=C(C)SC2=CC(C)(C)CNC(=O)c2ccccc2O)cc1. The van der Waals surface area contributed by atoms with Gasteiger partial charge in [0.25, 0.3) is 5.91 Å². The molecule has 2 aromatic carbocycles. The molecule has 1 aliphatic heterocycles. The average Bonchev–Trinajstić information content (AvgIpc) is 3.06. The zero-order valence-corrected chi connectivity index (χ0v) is 18.4. The molecule has 1 amide bonds. The monoisotopic (exact) mass is 422 g/mol. The number of Topliss-reactive ketones (excluding diaryl/α,β-unsaturated/α-hetero) is 1. The number of anilines is 1. The van der Waals surface area contributed by atoms with Crippen molar-refractivity contribution in [3.8, 4) is 5.75 Å². The highest BCUT2D eigenvalue weighted by molar-refractivity contribution is 8.07. The number of hydrogen-bond donors (Lipinski definition) is 2. The molecule has 0 bridgehead atoms. The Labute approximate surface area is 181 Å². The molecule has 0 unspecified atom stereocenters. The number of ketones is 1. The third-order valence-corrected chi connectivity index (χ3v) is 5.68. The van der Waals surface area contributed by atoms with E-state index in [-0.39, 0.29) is 28.4 Å². The minimum atomic E-state index is -0.321. The summed E-state index contributed by atoms with van der Waals surface area (Å²) in [4.78, 5) is 27.2. The molecule has 0 atom stereocenters. The quantitative estimate of drug-likeness (QED) is 0.618. The summed E-state index contributed by atoms with van der Waals surface area (Å²) < 4.78 is 0. The molecular weight excluding hydrogens is 396 g/mol. The molecule has 1 heterocycles. The van der Waals surface area contributed by atoms with Gasteiger partial charge in [0, 0.05) is 34.3 Å². The molecular formula is C24H26N2O3S. The van der Waals surface area contributed by atoms with E-state index in [0.717, 1.165) is 15.6 Å². The first-order valence-corrected chi connectivity index (χ1v) is 10.5. The van der Waals surface area contributed by atoms with E-state index in [0.29, 0.717) is 12.1 Å². The summed E-state index contributed by atoms with van der Waals surface area (Å²) in [5.41, 5.74) is 1.60. The summed E-state index contributed by atoms with van der Waals surface area (Å²) in [5.74, 6) is -0.289. The first-order valence-electron chi connectivity index (χ1n) is 9.72. The first-order chi connectivity index (χ1) is 14.2. The van der Waals surface area contributed by atoms with Crippen molar-refractivity contribution >= 4 is 29.1 Å². The smallest absolute Gasteiger partial charge is 0.255 e. The number of amides is 1. The van der Waals surface area contributed by atoms with Crippen molar-refractivity contribution in [2.45, 2.75) is 27.7 Å². The molecule has 0 spiro atoms.